The molecule has 1 atom stereocenters. The number of rotatable bonds is 6. The van der Waals surface area contributed by atoms with Crippen molar-refractivity contribution in [3.63, 3.8) is 0 Å². The highest BCUT2D eigenvalue weighted by molar-refractivity contribution is 5.81. The Balaban J connectivity index is 2.53. The maximum Gasteiger partial charge on any atom is 0.281 e. The van der Waals surface area contributed by atoms with Gasteiger partial charge in [0.1, 0.15) is 5.75 Å². The second kappa shape index (κ2) is 7.48. The number of ether oxygens (including phenoxy) is 1. The molecule has 4 nitrogen and oxygen atoms in total. The molecule has 4 heteroatoms. The zero-order valence-electron chi connectivity index (χ0n) is 11.1. The van der Waals surface area contributed by atoms with Crippen molar-refractivity contribution >= 4 is 12.1 Å². The van der Waals surface area contributed by atoms with Crippen molar-refractivity contribution < 1.29 is 9.53 Å². The molecular weight excluding hydrogens is 228 g/mol. The number of amides is 1. The molecule has 0 fully saturated rings. The third-order valence-corrected chi connectivity index (χ3v) is 2.23. The van der Waals surface area contributed by atoms with Crippen LogP contribution in [0.4, 0.5) is 0 Å². The predicted molar refractivity (Wildman–Crippen MR) is 72.6 cm³/mol. The van der Waals surface area contributed by atoms with Crippen LogP contribution in [0.1, 0.15) is 27.2 Å². The van der Waals surface area contributed by atoms with Crippen molar-refractivity contribution in [1.29, 1.82) is 0 Å². The molecule has 0 radical (unpaired) electrons. The molecule has 0 saturated heterocycles. The van der Waals surface area contributed by atoms with E-state index in [1.807, 2.05) is 51.1 Å². The smallest absolute Gasteiger partial charge is 0.281 e. The Hall–Kier alpha value is -1.84. The molecule has 0 aromatic heterocycles. The number of nitrogens with zero attached hydrogens (tertiary/aromatic N) is 1. The molecule has 18 heavy (non-hydrogen) atoms. The highest BCUT2D eigenvalue weighted by Gasteiger charge is 2.17. The third kappa shape index (κ3) is 4.99. The molecule has 1 N–H and O–H groups in total. The lowest BCUT2D eigenvalue weighted by molar-refractivity contribution is -0.128. The van der Waals surface area contributed by atoms with E-state index in [-0.39, 0.29) is 5.91 Å². The summed E-state index contributed by atoms with van der Waals surface area (Å²) in [7, 11) is 0. The van der Waals surface area contributed by atoms with Gasteiger partial charge in [-0.2, -0.15) is 5.10 Å². The number of carbonyl (C=O) groups is 1. The summed E-state index contributed by atoms with van der Waals surface area (Å²) in [4.78, 5) is 11.8. The van der Waals surface area contributed by atoms with Crippen molar-refractivity contribution in [2.75, 3.05) is 0 Å². The molecule has 1 aromatic carbocycles. The van der Waals surface area contributed by atoms with Gasteiger partial charge in [0.05, 0.1) is 0 Å². The molecule has 1 unspecified atom stereocenters. The van der Waals surface area contributed by atoms with Crippen LogP contribution < -0.4 is 10.2 Å². The molecule has 1 rings (SSSR count). The maximum absolute atomic E-state index is 11.8. The molecule has 0 spiro atoms. The van der Waals surface area contributed by atoms with Gasteiger partial charge in [-0.1, -0.05) is 39.0 Å². The number of para-hydroxylation sites is 1. The molecule has 0 aliphatic heterocycles. The minimum atomic E-state index is -0.517. The summed E-state index contributed by atoms with van der Waals surface area (Å²) in [6.45, 7) is 5.89. The molecule has 98 valence electrons. The highest BCUT2D eigenvalue weighted by atomic mass is 16.5. The summed E-state index contributed by atoms with van der Waals surface area (Å²) >= 11 is 0. The average Bonchev–Trinajstić information content (AvgIpc) is 2.36. The monoisotopic (exact) mass is 248 g/mol. The van der Waals surface area contributed by atoms with Crippen LogP contribution >= 0.6 is 0 Å². The van der Waals surface area contributed by atoms with Gasteiger partial charge in [0.2, 0.25) is 0 Å². The van der Waals surface area contributed by atoms with E-state index in [2.05, 4.69) is 10.5 Å². The Kier molecular flexibility index (Phi) is 5.91. The second-order valence-electron chi connectivity index (χ2n) is 4.33. The molecule has 1 aromatic rings. The maximum atomic E-state index is 11.8. The topological polar surface area (TPSA) is 50.7 Å². The van der Waals surface area contributed by atoms with Crippen molar-refractivity contribution in [2.24, 2.45) is 11.0 Å². The largest absolute Gasteiger partial charge is 0.481 e. The van der Waals surface area contributed by atoms with Gasteiger partial charge in [0.25, 0.3) is 5.91 Å². The standard InChI is InChI=1S/C14H20N2O2/c1-4-13(14(17)16-15-10-11(2)3)18-12-8-6-5-7-9-12/h5-11,13H,4H2,1-3H3,(H,16,17)/b15-10+. The fraction of sp³-hybridized carbons (Fsp3) is 0.429. The Morgan fingerprint density at radius 2 is 2.06 bits per heavy atom. The lowest BCUT2D eigenvalue weighted by atomic mass is 10.2. The predicted octanol–water partition coefficient (Wildman–Crippen LogP) is 2.60. The molecule has 0 bridgehead atoms. The first-order chi connectivity index (χ1) is 8.63. The van der Waals surface area contributed by atoms with Crippen molar-refractivity contribution in [3.8, 4) is 5.75 Å². The molecule has 0 heterocycles. The van der Waals surface area contributed by atoms with E-state index in [1.165, 1.54) is 0 Å². The van der Waals surface area contributed by atoms with E-state index in [9.17, 15) is 4.79 Å². The van der Waals surface area contributed by atoms with Crippen LogP contribution in [-0.2, 0) is 4.79 Å². The Morgan fingerprint density at radius 3 is 2.61 bits per heavy atom. The summed E-state index contributed by atoms with van der Waals surface area (Å²) in [6.07, 6.45) is 1.77. The first-order valence-corrected chi connectivity index (χ1v) is 6.18. The second-order valence-corrected chi connectivity index (χ2v) is 4.33. The third-order valence-electron chi connectivity index (χ3n) is 2.23. The van der Waals surface area contributed by atoms with Crippen molar-refractivity contribution in [2.45, 2.75) is 33.3 Å². The number of nitrogens with one attached hydrogen (secondary N) is 1. The lowest BCUT2D eigenvalue weighted by Gasteiger charge is -2.15. The Labute approximate surface area is 108 Å². The molecule has 0 aliphatic carbocycles. The van der Waals surface area contributed by atoms with Gasteiger partial charge in [-0.25, -0.2) is 5.43 Å². The summed E-state index contributed by atoms with van der Waals surface area (Å²) in [5.74, 6) is 0.769. The van der Waals surface area contributed by atoms with Crippen LogP contribution in [0.5, 0.6) is 5.75 Å². The summed E-state index contributed by atoms with van der Waals surface area (Å²) in [6, 6.07) is 9.30. The zero-order chi connectivity index (χ0) is 13.4. The molecule has 1 amide bonds. The van der Waals surface area contributed by atoms with Crippen LogP contribution in [0, 0.1) is 5.92 Å². The number of carbonyl (C=O) groups excluding carboxylic acids is 1. The average molecular weight is 248 g/mol. The lowest BCUT2D eigenvalue weighted by Crippen LogP contribution is -2.35. The number of hydrazone groups is 1. The van der Waals surface area contributed by atoms with E-state index < -0.39 is 6.10 Å². The minimum Gasteiger partial charge on any atom is -0.481 e. The SMILES string of the molecule is CCC(Oc1ccccc1)C(=O)N/N=C/C(C)C. The summed E-state index contributed by atoms with van der Waals surface area (Å²) in [5, 5.41) is 3.88. The normalized spacial score (nSPS) is 12.7. The zero-order valence-corrected chi connectivity index (χ0v) is 11.1. The summed E-state index contributed by atoms with van der Waals surface area (Å²) in [5.41, 5.74) is 2.49. The Bertz CT molecular complexity index is 388. The van der Waals surface area contributed by atoms with Crippen molar-refractivity contribution in [1.82, 2.24) is 5.43 Å². The first-order valence-electron chi connectivity index (χ1n) is 6.18. The number of hydrogen-bond acceptors (Lipinski definition) is 3. The summed E-state index contributed by atoms with van der Waals surface area (Å²) < 4.78 is 5.60. The fourth-order valence-electron chi connectivity index (χ4n) is 1.31. The van der Waals surface area contributed by atoms with Crippen LogP contribution in [0.15, 0.2) is 35.4 Å². The van der Waals surface area contributed by atoms with Gasteiger partial charge in [-0.3, -0.25) is 4.79 Å². The van der Waals surface area contributed by atoms with Crippen LogP contribution in [0.2, 0.25) is 0 Å². The molecule has 0 aliphatic rings. The highest BCUT2D eigenvalue weighted by Crippen LogP contribution is 2.12. The fourth-order valence-corrected chi connectivity index (χ4v) is 1.31. The van der Waals surface area contributed by atoms with Gasteiger partial charge < -0.3 is 4.74 Å². The van der Waals surface area contributed by atoms with Crippen LogP contribution in [0.3, 0.4) is 0 Å². The minimum absolute atomic E-state index is 0.224. The first kappa shape index (κ1) is 14.2. The van der Waals surface area contributed by atoms with Gasteiger partial charge in [0.15, 0.2) is 6.10 Å². The quantitative estimate of drug-likeness (QED) is 0.621. The van der Waals surface area contributed by atoms with Crippen LogP contribution in [-0.4, -0.2) is 18.2 Å². The van der Waals surface area contributed by atoms with Crippen molar-refractivity contribution in [3.05, 3.63) is 30.3 Å². The van der Waals surface area contributed by atoms with E-state index >= 15 is 0 Å². The van der Waals surface area contributed by atoms with E-state index in [0.29, 0.717) is 18.1 Å². The van der Waals surface area contributed by atoms with E-state index in [4.69, 9.17) is 4.74 Å². The van der Waals surface area contributed by atoms with E-state index in [1.54, 1.807) is 6.21 Å². The van der Waals surface area contributed by atoms with E-state index in [0.717, 1.165) is 0 Å². The number of benzene rings is 1. The number of hydrogen-bond donors (Lipinski definition) is 1. The van der Waals surface area contributed by atoms with Gasteiger partial charge in [-0.15, -0.1) is 0 Å². The van der Waals surface area contributed by atoms with Gasteiger partial charge in [0, 0.05) is 6.21 Å². The Morgan fingerprint density at radius 1 is 1.39 bits per heavy atom. The molecular formula is C14H20N2O2. The van der Waals surface area contributed by atoms with Gasteiger partial charge >= 0.3 is 0 Å². The molecule has 0 saturated carbocycles. The van der Waals surface area contributed by atoms with Gasteiger partial charge in [-0.05, 0) is 24.5 Å². The van der Waals surface area contributed by atoms with Crippen LogP contribution in [0.25, 0.3) is 0 Å².